The Morgan fingerprint density at radius 2 is 1.62 bits per heavy atom. The van der Waals surface area contributed by atoms with Crippen molar-refractivity contribution in [3.05, 3.63) is 93.5 Å². The summed E-state index contributed by atoms with van der Waals surface area (Å²) in [5, 5.41) is 0. The van der Waals surface area contributed by atoms with Crippen LogP contribution in [0.4, 0.5) is 20.2 Å². The molecule has 3 aromatic carbocycles. The maximum absolute atomic E-state index is 14.1. The van der Waals surface area contributed by atoms with Crippen LogP contribution in [-0.2, 0) is 6.42 Å². The normalized spacial score (nSPS) is 14.8. The molecule has 0 unspecified atom stereocenters. The van der Waals surface area contributed by atoms with Gasteiger partial charge in [0.05, 0.1) is 22.5 Å². The number of rotatable bonds is 2. The number of fused-ring (bicyclic) bond motifs is 2. The van der Waals surface area contributed by atoms with Gasteiger partial charge in [0.2, 0.25) is 0 Å². The third-order valence-corrected chi connectivity index (χ3v) is 6.00. The lowest BCUT2D eigenvalue weighted by Crippen LogP contribution is -2.30. The van der Waals surface area contributed by atoms with Crippen LogP contribution >= 0.6 is 0 Å². The number of carbonyl (C=O) groups is 3. The highest BCUT2D eigenvalue weighted by Gasteiger charge is 2.38. The zero-order valence-corrected chi connectivity index (χ0v) is 17.4. The average Bonchev–Trinajstić information content (AvgIpc) is 3.29. The maximum atomic E-state index is 14.1. The number of benzene rings is 3. The lowest BCUT2D eigenvalue weighted by Gasteiger charge is -2.18. The highest BCUT2D eigenvalue weighted by Crippen LogP contribution is 2.34. The van der Waals surface area contributed by atoms with Gasteiger partial charge < -0.3 is 4.90 Å². The Labute approximate surface area is 182 Å². The molecule has 3 aromatic rings. The summed E-state index contributed by atoms with van der Waals surface area (Å²) in [6, 6.07) is 11.7. The largest absolute Gasteiger partial charge is 0.308 e. The highest BCUT2D eigenvalue weighted by atomic mass is 19.1. The van der Waals surface area contributed by atoms with Gasteiger partial charge in [0.25, 0.3) is 17.7 Å². The standard InChI is InChI=1S/C25H18F2N2O3/c1-13-3-4-14(2)21(9-13)29-24(31)17-6-5-15(10-19(17)25(29)32)23(30)28-8-7-18-20(27)11-16(26)12-22(18)28/h3-6,9-12H,7-8H2,1-2H3. The van der Waals surface area contributed by atoms with Gasteiger partial charge in [-0.2, -0.15) is 0 Å². The predicted octanol–water partition coefficient (Wildman–Crippen LogP) is 4.59. The Bertz CT molecular complexity index is 1350. The lowest BCUT2D eigenvalue weighted by molar-refractivity contribution is 0.0925. The van der Waals surface area contributed by atoms with Gasteiger partial charge in [-0.05, 0) is 61.7 Å². The first-order valence-corrected chi connectivity index (χ1v) is 10.2. The Hall–Kier alpha value is -3.87. The van der Waals surface area contributed by atoms with Crippen molar-refractivity contribution in [3.63, 3.8) is 0 Å². The Balaban J connectivity index is 1.52. The number of nitrogens with zero attached hydrogens (tertiary/aromatic N) is 2. The minimum Gasteiger partial charge on any atom is -0.308 e. The van der Waals surface area contributed by atoms with Crippen molar-refractivity contribution in [1.82, 2.24) is 0 Å². The molecule has 0 radical (unpaired) electrons. The summed E-state index contributed by atoms with van der Waals surface area (Å²) in [6.07, 6.45) is 0.274. The molecule has 0 aromatic heterocycles. The van der Waals surface area contributed by atoms with E-state index < -0.39 is 29.4 Å². The second-order valence-corrected chi connectivity index (χ2v) is 8.09. The molecule has 7 heteroatoms. The summed E-state index contributed by atoms with van der Waals surface area (Å²) in [5.41, 5.74) is 3.18. The molecule has 0 N–H and O–H groups in total. The molecular formula is C25H18F2N2O3. The van der Waals surface area contributed by atoms with Crippen molar-refractivity contribution in [2.24, 2.45) is 0 Å². The van der Waals surface area contributed by atoms with E-state index in [-0.39, 0.29) is 40.9 Å². The van der Waals surface area contributed by atoms with Crippen LogP contribution in [-0.4, -0.2) is 24.3 Å². The van der Waals surface area contributed by atoms with Crippen LogP contribution in [0.15, 0.2) is 48.5 Å². The van der Waals surface area contributed by atoms with Gasteiger partial charge in [-0.15, -0.1) is 0 Å². The summed E-state index contributed by atoms with van der Waals surface area (Å²) in [6.45, 7) is 3.89. The average molecular weight is 432 g/mol. The first-order chi connectivity index (χ1) is 15.3. The van der Waals surface area contributed by atoms with Gasteiger partial charge in [0.15, 0.2) is 0 Å². The van der Waals surface area contributed by atoms with E-state index in [2.05, 4.69) is 0 Å². The molecule has 0 aliphatic carbocycles. The minimum absolute atomic E-state index is 0.131. The molecular weight excluding hydrogens is 414 g/mol. The van der Waals surface area contributed by atoms with E-state index in [1.165, 1.54) is 23.1 Å². The summed E-state index contributed by atoms with van der Waals surface area (Å²) in [7, 11) is 0. The summed E-state index contributed by atoms with van der Waals surface area (Å²) < 4.78 is 27.8. The smallest absolute Gasteiger partial charge is 0.266 e. The number of anilines is 2. The Morgan fingerprint density at radius 1 is 0.875 bits per heavy atom. The number of imide groups is 1. The molecule has 3 amide bonds. The second-order valence-electron chi connectivity index (χ2n) is 8.09. The third-order valence-electron chi connectivity index (χ3n) is 6.00. The van der Waals surface area contributed by atoms with E-state index in [1.54, 1.807) is 6.07 Å². The van der Waals surface area contributed by atoms with Crippen LogP contribution in [0.25, 0.3) is 0 Å². The van der Waals surface area contributed by atoms with E-state index in [0.717, 1.165) is 28.2 Å². The van der Waals surface area contributed by atoms with Gasteiger partial charge in [-0.1, -0.05) is 12.1 Å². The fraction of sp³-hybridized carbons (Fsp3) is 0.160. The van der Waals surface area contributed by atoms with E-state index in [9.17, 15) is 23.2 Å². The fourth-order valence-electron chi connectivity index (χ4n) is 4.34. The Kier molecular flexibility index (Phi) is 4.44. The van der Waals surface area contributed by atoms with Crippen LogP contribution in [0.5, 0.6) is 0 Å². The number of hydrogen-bond donors (Lipinski definition) is 0. The fourth-order valence-corrected chi connectivity index (χ4v) is 4.34. The van der Waals surface area contributed by atoms with Crippen molar-refractivity contribution >= 4 is 29.1 Å². The molecule has 5 rings (SSSR count). The number of hydrogen-bond acceptors (Lipinski definition) is 3. The van der Waals surface area contributed by atoms with Gasteiger partial charge in [-0.25, -0.2) is 13.7 Å². The zero-order chi connectivity index (χ0) is 22.7. The molecule has 0 fully saturated rings. The van der Waals surface area contributed by atoms with Crippen molar-refractivity contribution in [2.75, 3.05) is 16.3 Å². The third kappa shape index (κ3) is 2.92. The maximum Gasteiger partial charge on any atom is 0.266 e. The Morgan fingerprint density at radius 3 is 2.41 bits per heavy atom. The topological polar surface area (TPSA) is 57.7 Å². The van der Waals surface area contributed by atoms with Gasteiger partial charge in [0, 0.05) is 23.7 Å². The van der Waals surface area contributed by atoms with Gasteiger partial charge in [-0.3, -0.25) is 14.4 Å². The van der Waals surface area contributed by atoms with Crippen LogP contribution < -0.4 is 9.80 Å². The van der Waals surface area contributed by atoms with E-state index >= 15 is 0 Å². The van der Waals surface area contributed by atoms with Gasteiger partial charge in [0.1, 0.15) is 11.6 Å². The molecule has 5 nitrogen and oxygen atoms in total. The zero-order valence-electron chi connectivity index (χ0n) is 17.4. The van der Waals surface area contributed by atoms with Crippen LogP contribution in [0.1, 0.15) is 47.8 Å². The first kappa shape index (κ1) is 20.1. The van der Waals surface area contributed by atoms with Crippen molar-refractivity contribution in [1.29, 1.82) is 0 Å². The molecule has 2 aliphatic heterocycles. The first-order valence-electron chi connectivity index (χ1n) is 10.2. The molecule has 2 heterocycles. The van der Waals surface area contributed by atoms with Crippen molar-refractivity contribution in [3.8, 4) is 0 Å². The van der Waals surface area contributed by atoms with E-state index in [1.807, 2.05) is 26.0 Å². The quantitative estimate of drug-likeness (QED) is 0.557. The number of aryl methyl sites for hydroxylation is 2. The van der Waals surface area contributed by atoms with Crippen LogP contribution in [0, 0.1) is 25.5 Å². The van der Waals surface area contributed by atoms with E-state index in [4.69, 9.17) is 0 Å². The summed E-state index contributed by atoms with van der Waals surface area (Å²) >= 11 is 0. The highest BCUT2D eigenvalue weighted by molar-refractivity contribution is 6.35. The number of amides is 3. The molecule has 32 heavy (non-hydrogen) atoms. The second kappa shape index (κ2) is 7.09. The molecule has 0 saturated heterocycles. The molecule has 160 valence electrons. The number of halogens is 2. The monoisotopic (exact) mass is 432 g/mol. The summed E-state index contributed by atoms with van der Waals surface area (Å²) in [4.78, 5) is 41.7. The predicted molar refractivity (Wildman–Crippen MR) is 115 cm³/mol. The molecule has 2 aliphatic rings. The van der Waals surface area contributed by atoms with Crippen LogP contribution in [0.2, 0.25) is 0 Å². The SMILES string of the molecule is Cc1ccc(C)c(N2C(=O)c3ccc(C(=O)N4CCc5c(F)cc(F)cc54)cc3C2=O)c1. The van der Waals surface area contributed by atoms with Crippen LogP contribution in [0.3, 0.4) is 0 Å². The van der Waals surface area contributed by atoms with Gasteiger partial charge >= 0.3 is 0 Å². The van der Waals surface area contributed by atoms with Crippen molar-refractivity contribution < 1.29 is 23.2 Å². The molecule has 0 bridgehead atoms. The molecule has 0 atom stereocenters. The minimum atomic E-state index is -0.764. The lowest BCUT2D eigenvalue weighted by atomic mass is 10.0. The molecule has 0 spiro atoms. The summed E-state index contributed by atoms with van der Waals surface area (Å²) in [5.74, 6) is -2.89. The number of carbonyl (C=O) groups excluding carboxylic acids is 3. The van der Waals surface area contributed by atoms with Crippen molar-refractivity contribution in [2.45, 2.75) is 20.3 Å². The molecule has 0 saturated carbocycles. The van der Waals surface area contributed by atoms with E-state index in [0.29, 0.717) is 5.69 Å².